The molecule has 0 saturated carbocycles. The molecule has 28 heavy (non-hydrogen) atoms. The Balaban J connectivity index is 2.24. The van der Waals surface area contributed by atoms with Crippen molar-refractivity contribution >= 4 is 45.0 Å². The molecule has 0 saturated heterocycles. The lowest BCUT2D eigenvalue weighted by Gasteiger charge is -2.08. The van der Waals surface area contributed by atoms with Crippen LogP contribution >= 0.6 is 22.9 Å². The number of amides is 1. The van der Waals surface area contributed by atoms with Gasteiger partial charge in [-0.05, 0) is 30.3 Å². The second-order valence-corrected chi connectivity index (χ2v) is 6.98. The number of aliphatic carboxylic acids is 1. The van der Waals surface area contributed by atoms with Gasteiger partial charge in [-0.1, -0.05) is 29.0 Å². The smallest absolute Gasteiger partial charge is 0.419 e. The molecule has 1 aromatic heterocycles. The monoisotopic (exact) mass is 432 g/mol. The summed E-state index contributed by atoms with van der Waals surface area (Å²) in [6.45, 7) is -0.716. The van der Waals surface area contributed by atoms with E-state index in [0.29, 0.717) is 17.4 Å². The molecule has 0 radical (unpaired) electrons. The lowest BCUT2D eigenvalue weighted by molar-refractivity contribution is -0.140. The van der Waals surface area contributed by atoms with E-state index in [-0.39, 0.29) is 20.9 Å². The number of carbonyl (C=O) groups excluding carboxylic acids is 1. The number of benzene rings is 2. The molecule has 0 bridgehead atoms. The molecule has 0 atom stereocenters. The van der Waals surface area contributed by atoms with Crippen LogP contribution in [-0.4, -0.2) is 21.6 Å². The summed E-state index contributed by atoms with van der Waals surface area (Å²) in [7, 11) is 0. The zero-order valence-corrected chi connectivity index (χ0v) is 15.2. The Morgan fingerprint density at radius 1 is 1.21 bits per heavy atom. The van der Waals surface area contributed by atoms with E-state index in [2.05, 4.69) is 4.99 Å². The third kappa shape index (κ3) is 3.92. The number of thiazole rings is 1. The van der Waals surface area contributed by atoms with Crippen molar-refractivity contribution in [2.75, 3.05) is 0 Å². The first-order valence-corrected chi connectivity index (χ1v) is 8.73. The maximum Gasteiger partial charge on any atom is 0.419 e. The predicted octanol–water partition coefficient (Wildman–Crippen LogP) is 4.34. The van der Waals surface area contributed by atoms with Crippen LogP contribution < -0.4 is 4.80 Å². The molecular weight excluding hydrogens is 424 g/mol. The SMILES string of the molecule is O=C(O)Cn1c(=NC(=O)c2cccc(Cl)c2)sc2c(F)c(C(F)(F)F)ccc21. The molecule has 0 unspecified atom stereocenters. The number of carbonyl (C=O) groups is 2. The van der Waals surface area contributed by atoms with Gasteiger partial charge in [-0.25, -0.2) is 4.39 Å². The summed E-state index contributed by atoms with van der Waals surface area (Å²) < 4.78 is 53.7. The van der Waals surface area contributed by atoms with E-state index < -0.39 is 40.7 Å². The van der Waals surface area contributed by atoms with Crippen LogP contribution in [0.2, 0.25) is 5.02 Å². The lowest BCUT2D eigenvalue weighted by Crippen LogP contribution is -2.21. The van der Waals surface area contributed by atoms with Gasteiger partial charge in [-0.2, -0.15) is 18.2 Å². The Labute approximate surface area is 163 Å². The fourth-order valence-electron chi connectivity index (χ4n) is 2.47. The van der Waals surface area contributed by atoms with Gasteiger partial charge in [-0.3, -0.25) is 9.59 Å². The van der Waals surface area contributed by atoms with Crippen LogP contribution in [0.5, 0.6) is 0 Å². The molecule has 1 amide bonds. The molecule has 11 heteroatoms. The number of alkyl halides is 3. The maximum absolute atomic E-state index is 14.4. The highest BCUT2D eigenvalue weighted by Crippen LogP contribution is 2.35. The van der Waals surface area contributed by atoms with E-state index in [9.17, 15) is 27.2 Å². The second kappa shape index (κ2) is 7.36. The Morgan fingerprint density at radius 3 is 2.54 bits per heavy atom. The molecule has 5 nitrogen and oxygen atoms in total. The summed E-state index contributed by atoms with van der Waals surface area (Å²) in [6.07, 6.45) is -4.92. The van der Waals surface area contributed by atoms with Crippen LogP contribution in [-0.2, 0) is 17.5 Å². The van der Waals surface area contributed by atoms with Crippen LogP contribution in [0.25, 0.3) is 10.2 Å². The third-order valence-corrected chi connectivity index (χ3v) is 4.98. The van der Waals surface area contributed by atoms with E-state index in [0.717, 1.165) is 10.6 Å². The highest BCUT2D eigenvalue weighted by molar-refractivity contribution is 7.16. The highest BCUT2D eigenvalue weighted by Gasteiger charge is 2.35. The number of rotatable bonds is 3. The Kier molecular flexibility index (Phi) is 5.26. The van der Waals surface area contributed by atoms with Gasteiger partial charge < -0.3 is 9.67 Å². The van der Waals surface area contributed by atoms with Crippen molar-refractivity contribution in [3.63, 3.8) is 0 Å². The number of aromatic nitrogens is 1. The molecule has 0 aliphatic rings. The van der Waals surface area contributed by atoms with Crippen molar-refractivity contribution in [3.05, 3.63) is 63.2 Å². The molecule has 1 N–H and O–H groups in total. The summed E-state index contributed by atoms with van der Waals surface area (Å²) in [5, 5.41) is 9.34. The van der Waals surface area contributed by atoms with Crippen LogP contribution in [0.15, 0.2) is 41.4 Å². The number of carboxylic acids is 1. The minimum Gasteiger partial charge on any atom is -0.480 e. The first-order chi connectivity index (χ1) is 13.1. The molecule has 1 heterocycles. The second-order valence-electron chi connectivity index (χ2n) is 5.56. The fourth-order valence-corrected chi connectivity index (χ4v) is 3.72. The molecule has 2 aromatic carbocycles. The standard InChI is InChI=1S/C17H9ClF4N2O3S/c18-9-3-1-2-8(6-9)15(27)23-16-24(7-12(25)26)11-5-4-10(17(20,21)22)13(19)14(11)28-16/h1-6H,7H2,(H,25,26). The van der Waals surface area contributed by atoms with Crippen molar-refractivity contribution < 1.29 is 32.3 Å². The first kappa shape index (κ1) is 20.0. The van der Waals surface area contributed by atoms with Crippen LogP contribution in [0, 0.1) is 5.82 Å². The molecule has 0 fully saturated rings. The van der Waals surface area contributed by atoms with Crippen molar-refractivity contribution in [3.8, 4) is 0 Å². The zero-order valence-electron chi connectivity index (χ0n) is 13.6. The summed E-state index contributed by atoms with van der Waals surface area (Å²) in [6, 6.07) is 7.22. The van der Waals surface area contributed by atoms with E-state index in [1.807, 2.05) is 0 Å². The highest BCUT2D eigenvalue weighted by atomic mass is 35.5. The molecular formula is C17H9ClF4N2O3S. The van der Waals surface area contributed by atoms with Gasteiger partial charge in [0.05, 0.1) is 15.8 Å². The maximum atomic E-state index is 14.4. The van der Waals surface area contributed by atoms with Gasteiger partial charge in [0.1, 0.15) is 6.54 Å². The first-order valence-electron chi connectivity index (χ1n) is 7.53. The van der Waals surface area contributed by atoms with E-state index in [1.54, 1.807) is 0 Å². The van der Waals surface area contributed by atoms with Crippen molar-refractivity contribution in [1.82, 2.24) is 4.57 Å². The molecule has 146 valence electrons. The minimum absolute atomic E-state index is 0.0864. The number of hydrogen-bond donors (Lipinski definition) is 1. The molecule has 3 aromatic rings. The fraction of sp³-hybridized carbons (Fsp3) is 0.118. The van der Waals surface area contributed by atoms with Gasteiger partial charge in [0, 0.05) is 10.6 Å². The third-order valence-electron chi connectivity index (χ3n) is 3.66. The van der Waals surface area contributed by atoms with Gasteiger partial charge in [0.15, 0.2) is 10.6 Å². The number of carboxylic acid groups (broad SMARTS) is 1. The summed E-state index contributed by atoms with van der Waals surface area (Å²) in [4.78, 5) is 27.0. The molecule has 0 aliphatic carbocycles. The number of fused-ring (bicyclic) bond motifs is 1. The van der Waals surface area contributed by atoms with E-state index in [1.165, 1.54) is 24.3 Å². The van der Waals surface area contributed by atoms with Gasteiger partial charge in [-0.15, -0.1) is 0 Å². The summed E-state index contributed by atoms with van der Waals surface area (Å²) in [5.41, 5.74) is -1.52. The van der Waals surface area contributed by atoms with Crippen molar-refractivity contribution in [2.24, 2.45) is 4.99 Å². The number of hydrogen-bond acceptors (Lipinski definition) is 3. The summed E-state index contributed by atoms with van der Waals surface area (Å²) in [5.74, 6) is -3.69. The quantitative estimate of drug-likeness (QED) is 0.626. The Hall–Kier alpha value is -2.72. The topological polar surface area (TPSA) is 71.7 Å². The minimum atomic E-state index is -4.92. The molecule has 0 spiro atoms. The van der Waals surface area contributed by atoms with Crippen molar-refractivity contribution in [1.29, 1.82) is 0 Å². The van der Waals surface area contributed by atoms with Gasteiger partial charge in [0.25, 0.3) is 5.91 Å². The average molecular weight is 433 g/mol. The Bertz CT molecular complexity index is 1170. The van der Waals surface area contributed by atoms with Crippen LogP contribution in [0.1, 0.15) is 15.9 Å². The predicted molar refractivity (Wildman–Crippen MR) is 93.8 cm³/mol. The number of halogens is 5. The number of nitrogens with zero attached hydrogens (tertiary/aromatic N) is 2. The lowest BCUT2D eigenvalue weighted by atomic mass is 10.2. The largest absolute Gasteiger partial charge is 0.480 e. The van der Waals surface area contributed by atoms with E-state index >= 15 is 0 Å². The average Bonchev–Trinajstić information content (AvgIpc) is 2.92. The van der Waals surface area contributed by atoms with Crippen LogP contribution in [0.4, 0.5) is 17.6 Å². The zero-order chi connectivity index (χ0) is 20.6. The van der Waals surface area contributed by atoms with Crippen molar-refractivity contribution in [2.45, 2.75) is 12.7 Å². The van der Waals surface area contributed by atoms with Gasteiger partial charge in [0.2, 0.25) is 0 Å². The van der Waals surface area contributed by atoms with Gasteiger partial charge >= 0.3 is 12.1 Å². The Morgan fingerprint density at radius 2 is 1.93 bits per heavy atom. The summed E-state index contributed by atoms with van der Waals surface area (Å²) >= 11 is 6.26. The van der Waals surface area contributed by atoms with Crippen LogP contribution in [0.3, 0.4) is 0 Å². The molecule has 3 rings (SSSR count). The normalized spacial score (nSPS) is 12.5. The van der Waals surface area contributed by atoms with E-state index in [4.69, 9.17) is 16.7 Å². The molecule has 0 aliphatic heterocycles.